The predicted molar refractivity (Wildman–Crippen MR) is 86.9 cm³/mol. The standard InChI is InChI=1S/C17H19FN4O/c1-11-9-12(2)22(20-11)8-7-19-17(23)16-10-13-14(18)5-4-6-15(13)21(16)3/h4-6,9-10H,7-8H2,1-3H3,(H,19,23). The maximum absolute atomic E-state index is 13.8. The second-order valence-corrected chi connectivity index (χ2v) is 5.67. The fourth-order valence-corrected chi connectivity index (χ4v) is 2.81. The highest BCUT2D eigenvalue weighted by molar-refractivity contribution is 5.98. The number of hydrogen-bond donors (Lipinski definition) is 1. The number of rotatable bonds is 4. The van der Waals surface area contributed by atoms with Crippen LogP contribution in [-0.2, 0) is 13.6 Å². The van der Waals surface area contributed by atoms with Crippen LogP contribution in [0.15, 0.2) is 30.3 Å². The summed E-state index contributed by atoms with van der Waals surface area (Å²) >= 11 is 0. The van der Waals surface area contributed by atoms with Crippen molar-refractivity contribution in [1.29, 1.82) is 0 Å². The Morgan fingerprint density at radius 1 is 1.30 bits per heavy atom. The van der Waals surface area contributed by atoms with Crippen molar-refractivity contribution in [2.24, 2.45) is 7.05 Å². The Labute approximate surface area is 133 Å². The van der Waals surface area contributed by atoms with Gasteiger partial charge in [-0.1, -0.05) is 6.07 Å². The number of nitrogens with one attached hydrogen (secondary N) is 1. The highest BCUT2D eigenvalue weighted by atomic mass is 19.1. The number of aryl methyl sites for hydroxylation is 3. The summed E-state index contributed by atoms with van der Waals surface area (Å²) in [5.74, 6) is -0.538. The van der Waals surface area contributed by atoms with Crippen molar-refractivity contribution in [3.8, 4) is 0 Å². The van der Waals surface area contributed by atoms with E-state index in [0.717, 1.165) is 11.4 Å². The predicted octanol–water partition coefficient (Wildman–Crippen LogP) is 2.56. The van der Waals surface area contributed by atoms with E-state index < -0.39 is 0 Å². The quantitative estimate of drug-likeness (QED) is 0.804. The zero-order valence-corrected chi connectivity index (χ0v) is 13.4. The molecule has 1 N–H and O–H groups in total. The molecular weight excluding hydrogens is 295 g/mol. The summed E-state index contributed by atoms with van der Waals surface area (Å²) < 4.78 is 17.4. The first-order chi connectivity index (χ1) is 11.0. The Morgan fingerprint density at radius 2 is 2.09 bits per heavy atom. The molecule has 3 aromatic rings. The molecule has 1 aromatic carbocycles. The van der Waals surface area contributed by atoms with Crippen molar-refractivity contribution >= 4 is 16.8 Å². The van der Waals surface area contributed by atoms with Crippen LogP contribution in [-0.4, -0.2) is 26.8 Å². The van der Waals surface area contributed by atoms with Gasteiger partial charge in [-0.2, -0.15) is 5.10 Å². The fraction of sp³-hybridized carbons (Fsp3) is 0.294. The van der Waals surface area contributed by atoms with Gasteiger partial charge in [0.1, 0.15) is 11.5 Å². The maximum Gasteiger partial charge on any atom is 0.267 e. The Hall–Kier alpha value is -2.63. The molecule has 2 aromatic heterocycles. The van der Waals surface area contributed by atoms with Gasteiger partial charge in [0, 0.05) is 24.7 Å². The molecule has 0 bridgehead atoms. The van der Waals surface area contributed by atoms with Crippen LogP contribution >= 0.6 is 0 Å². The molecule has 0 aliphatic rings. The lowest BCUT2D eigenvalue weighted by Crippen LogP contribution is -2.29. The van der Waals surface area contributed by atoms with E-state index in [9.17, 15) is 9.18 Å². The number of carbonyl (C=O) groups excluding carboxylic acids is 1. The Kier molecular flexibility index (Phi) is 3.90. The normalized spacial score (nSPS) is 11.1. The lowest BCUT2D eigenvalue weighted by Gasteiger charge is -2.08. The van der Waals surface area contributed by atoms with Crippen LogP contribution < -0.4 is 5.32 Å². The average Bonchev–Trinajstić information content (AvgIpc) is 3.00. The van der Waals surface area contributed by atoms with Gasteiger partial charge in [-0.05, 0) is 38.1 Å². The van der Waals surface area contributed by atoms with Crippen molar-refractivity contribution in [2.45, 2.75) is 20.4 Å². The highest BCUT2D eigenvalue weighted by Gasteiger charge is 2.15. The SMILES string of the molecule is Cc1cc(C)n(CCNC(=O)c2cc3c(F)cccc3n2C)n1. The van der Waals surface area contributed by atoms with Crippen LogP contribution in [0.25, 0.3) is 10.9 Å². The third-order valence-corrected chi connectivity index (χ3v) is 3.98. The van der Waals surface area contributed by atoms with E-state index in [-0.39, 0.29) is 11.7 Å². The van der Waals surface area contributed by atoms with E-state index >= 15 is 0 Å². The molecule has 120 valence electrons. The van der Waals surface area contributed by atoms with E-state index in [0.29, 0.717) is 29.7 Å². The molecule has 2 heterocycles. The van der Waals surface area contributed by atoms with Crippen molar-refractivity contribution in [3.05, 3.63) is 53.2 Å². The number of hydrogen-bond acceptors (Lipinski definition) is 2. The first-order valence-electron chi connectivity index (χ1n) is 7.50. The second kappa shape index (κ2) is 5.87. The van der Waals surface area contributed by atoms with Gasteiger partial charge in [0.15, 0.2) is 0 Å². The summed E-state index contributed by atoms with van der Waals surface area (Å²) in [6.07, 6.45) is 0. The van der Waals surface area contributed by atoms with Crippen LogP contribution in [0.2, 0.25) is 0 Å². The molecule has 0 saturated carbocycles. The average molecular weight is 314 g/mol. The second-order valence-electron chi connectivity index (χ2n) is 5.67. The highest BCUT2D eigenvalue weighted by Crippen LogP contribution is 2.21. The first kappa shape index (κ1) is 15.3. The van der Waals surface area contributed by atoms with E-state index in [4.69, 9.17) is 0 Å². The van der Waals surface area contributed by atoms with E-state index in [2.05, 4.69) is 10.4 Å². The van der Waals surface area contributed by atoms with Crippen molar-refractivity contribution < 1.29 is 9.18 Å². The van der Waals surface area contributed by atoms with Gasteiger partial charge in [0.05, 0.1) is 17.8 Å². The molecule has 0 radical (unpaired) electrons. The van der Waals surface area contributed by atoms with Crippen molar-refractivity contribution in [3.63, 3.8) is 0 Å². The number of carbonyl (C=O) groups is 1. The molecule has 0 saturated heterocycles. The van der Waals surface area contributed by atoms with Gasteiger partial charge >= 0.3 is 0 Å². The van der Waals surface area contributed by atoms with Crippen LogP contribution in [0.5, 0.6) is 0 Å². The maximum atomic E-state index is 13.8. The van der Waals surface area contributed by atoms with Crippen LogP contribution in [0.3, 0.4) is 0 Å². The van der Waals surface area contributed by atoms with Gasteiger partial charge in [0.2, 0.25) is 0 Å². The lowest BCUT2D eigenvalue weighted by molar-refractivity contribution is 0.0944. The summed E-state index contributed by atoms with van der Waals surface area (Å²) in [5.41, 5.74) is 3.16. The smallest absolute Gasteiger partial charge is 0.267 e. The third-order valence-electron chi connectivity index (χ3n) is 3.98. The first-order valence-corrected chi connectivity index (χ1v) is 7.50. The number of fused-ring (bicyclic) bond motifs is 1. The molecule has 23 heavy (non-hydrogen) atoms. The fourth-order valence-electron chi connectivity index (χ4n) is 2.81. The molecular formula is C17H19FN4O. The Morgan fingerprint density at radius 3 is 2.74 bits per heavy atom. The van der Waals surface area contributed by atoms with Gasteiger partial charge in [-0.3, -0.25) is 9.48 Å². The molecule has 5 nitrogen and oxygen atoms in total. The number of aromatic nitrogens is 3. The van der Waals surface area contributed by atoms with Crippen LogP contribution in [0, 0.1) is 19.7 Å². The summed E-state index contributed by atoms with van der Waals surface area (Å²) in [6, 6.07) is 8.41. The van der Waals surface area contributed by atoms with Crippen molar-refractivity contribution in [1.82, 2.24) is 19.7 Å². The molecule has 0 unspecified atom stereocenters. The van der Waals surface area contributed by atoms with Crippen molar-refractivity contribution in [2.75, 3.05) is 6.54 Å². The Balaban J connectivity index is 1.72. The summed E-state index contributed by atoms with van der Waals surface area (Å²) in [6.45, 7) is 4.98. The molecule has 1 amide bonds. The molecule has 0 atom stereocenters. The minimum Gasteiger partial charge on any atom is -0.349 e. The molecule has 0 spiro atoms. The van der Waals surface area contributed by atoms with Crippen LogP contribution in [0.1, 0.15) is 21.9 Å². The molecule has 0 fully saturated rings. The van der Waals surface area contributed by atoms with Gasteiger partial charge in [0.25, 0.3) is 5.91 Å². The monoisotopic (exact) mass is 314 g/mol. The zero-order valence-electron chi connectivity index (χ0n) is 13.4. The Bertz CT molecular complexity index is 878. The van der Waals surface area contributed by atoms with E-state index in [1.54, 1.807) is 29.8 Å². The zero-order chi connectivity index (χ0) is 16.6. The lowest BCUT2D eigenvalue weighted by atomic mass is 10.2. The molecule has 0 aliphatic heterocycles. The largest absolute Gasteiger partial charge is 0.349 e. The number of benzene rings is 1. The number of nitrogens with zero attached hydrogens (tertiary/aromatic N) is 3. The molecule has 6 heteroatoms. The van der Waals surface area contributed by atoms with E-state index in [1.165, 1.54) is 6.07 Å². The van der Waals surface area contributed by atoms with Gasteiger partial charge in [-0.15, -0.1) is 0 Å². The van der Waals surface area contributed by atoms with E-state index in [1.807, 2.05) is 24.6 Å². The third kappa shape index (κ3) is 2.84. The minimum atomic E-state index is -0.320. The topological polar surface area (TPSA) is 51.9 Å². The number of halogens is 1. The molecule has 3 rings (SSSR count). The summed E-state index contributed by atoms with van der Waals surface area (Å²) in [7, 11) is 1.76. The van der Waals surface area contributed by atoms with Crippen LogP contribution in [0.4, 0.5) is 4.39 Å². The number of amides is 1. The van der Waals surface area contributed by atoms with Gasteiger partial charge < -0.3 is 9.88 Å². The summed E-state index contributed by atoms with van der Waals surface area (Å²) in [4.78, 5) is 12.3. The summed E-state index contributed by atoms with van der Waals surface area (Å²) in [5, 5.41) is 7.67. The molecule has 0 aliphatic carbocycles. The van der Waals surface area contributed by atoms with Gasteiger partial charge in [-0.25, -0.2) is 4.39 Å². The minimum absolute atomic E-state index is 0.218.